The highest BCUT2D eigenvalue weighted by atomic mass is 16.5. The number of hydrogen-bond donors (Lipinski definition) is 3. The van der Waals surface area contributed by atoms with Gasteiger partial charge >= 0.3 is 0 Å². The second-order valence-electron chi connectivity index (χ2n) is 8.15. The van der Waals surface area contributed by atoms with Crippen molar-refractivity contribution in [2.45, 2.75) is 44.4 Å². The number of fused-ring (bicyclic) bond motifs is 1. The van der Waals surface area contributed by atoms with Gasteiger partial charge in [-0.2, -0.15) is 0 Å². The molecule has 10 nitrogen and oxygen atoms in total. The van der Waals surface area contributed by atoms with E-state index >= 15 is 0 Å². The Morgan fingerprint density at radius 2 is 1.94 bits per heavy atom. The standard InChI is InChI=1S/C22H28N4O6/c27-19-5-4-18(21(29)25-19)26-12-16-15(22(26)30)2-1-3-17(16)24-20(28)13-31-10-11-32-14-6-8-23-9-7-14/h1-3,14,18,23H,4-13H2,(H,24,28)(H,25,27,29). The van der Waals surface area contributed by atoms with E-state index in [4.69, 9.17) is 9.47 Å². The number of rotatable bonds is 8. The first kappa shape index (κ1) is 22.4. The molecule has 3 aliphatic rings. The van der Waals surface area contributed by atoms with Gasteiger partial charge in [0, 0.05) is 29.8 Å². The summed E-state index contributed by atoms with van der Waals surface area (Å²) in [5.41, 5.74) is 1.62. The number of hydrogen-bond acceptors (Lipinski definition) is 7. The first-order chi connectivity index (χ1) is 15.5. The van der Waals surface area contributed by atoms with E-state index in [0.29, 0.717) is 36.4 Å². The quantitative estimate of drug-likeness (QED) is 0.385. The molecule has 2 saturated heterocycles. The lowest BCUT2D eigenvalue weighted by Crippen LogP contribution is -2.52. The number of amides is 4. The highest BCUT2D eigenvalue weighted by Gasteiger charge is 2.39. The third-order valence-corrected chi connectivity index (χ3v) is 5.96. The summed E-state index contributed by atoms with van der Waals surface area (Å²) in [6.45, 7) is 2.75. The van der Waals surface area contributed by atoms with Crippen LogP contribution < -0.4 is 16.0 Å². The number of imide groups is 1. The van der Waals surface area contributed by atoms with Gasteiger partial charge in [-0.25, -0.2) is 0 Å². The third-order valence-electron chi connectivity index (χ3n) is 5.96. The lowest BCUT2D eigenvalue weighted by atomic mass is 10.0. The molecule has 172 valence electrons. The van der Waals surface area contributed by atoms with Gasteiger partial charge in [0.05, 0.1) is 19.3 Å². The van der Waals surface area contributed by atoms with Crippen LogP contribution >= 0.6 is 0 Å². The third kappa shape index (κ3) is 5.14. The molecule has 0 bridgehead atoms. The first-order valence-electron chi connectivity index (χ1n) is 11.0. The zero-order valence-electron chi connectivity index (χ0n) is 17.9. The maximum Gasteiger partial charge on any atom is 0.255 e. The van der Waals surface area contributed by atoms with E-state index in [0.717, 1.165) is 25.9 Å². The molecule has 1 atom stereocenters. The summed E-state index contributed by atoms with van der Waals surface area (Å²) >= 11 is 0. The van der Waals surface area contributed by atoms with Gasteiger partial charge in [0.1, 0.15) is 12.6 Å². The monoisotopic (exact) mass is 444 g/mol. The van der Waals surface area contributed by atoms with E-state index in [9.17, 15) is 19.2 Å². The van der Waals surface area contributed by atoms with Crippen molar-refractivity contribution >= 4 is 29.3 Å². The molecule has 2 fully saturated rings. The molecule has 32 heavy (non-hydrogen) atoms. The number of piperidine rings is 2. The van der Waals surface area contributed by atoms with Crippen LogP contribution in [-0.4, -0.2) is 73.6 Å². The number of ether oxygens (including phenoxy) is 2. The zero-order chi connectivity index (χ0) is 22.5. The summed E-state index contributed by atoms with van der Waals surface area (Å²) in [7, 11) is 0. The van der Waals surface area contributed by atoms with Crippen LogP contribution in [0.25, 0.3) is 0 Å². The molecular weight excluding hydrogens is 416 g/mol. The number of benzene rings is 1. The fourth-order valence-corrected chi connectivity index (χ4v) is 4.29. The average Bonchev–Trinajstić information content (AvgIpc) is 3.12. The van der Waals surface area contributed by atoms with Crippen molar-refractivity contribution < 1.29 is 28.7 Å². The van der Waals surface area contributed by atoms with Gasteiger partial charge in [-0.05, 0) is 44.5 Å². The number of carbonyl (C=O) groups excluding carboxylic acids is 4. The second-order valence-corrected chi connectivity index (χ2v) is 8.15. The molecule has 1 unspecified atom stereocenters. The van der Waals surface area contributed by atoms with Crippen molar-refractivity contribution in [3.8, 4) is 0 Å². The SMILES string of the molecule is O=C1CCC(N2Cc3c(NC(=O)COCCOC4CCNCC4)cccc3C2=O)C(=O)N1. The largest absolute Gasteiger partial charge is 0.376 e. The molecule has 1 aromatic carbocycles. The van der Waals surface area contributed by atoms with Crippen LogP contribution in [0.3, 0.4) is 0 Å². The summed E-state index contributed by atoms with van der Waals surface area (Å²) in [5, 5.41) is 8.36. The first-order valence-corrected chi connectivity index (χ1v) is 11.0. The van der Waals surface area contributed by atoms with E-state index in [2.05, 4.69) is 16.0 Å². The molecule has 1 aromatic rings. The van der Waals surface area contributed by atoms with Gasteiger partial charge in [0.2, 0.25) is 17.7 Å². The summed E-state index contributed by atoms with van der Waals surface area (Å²) in [6, 6.07) is 4.39. The van der Waals surface area contributed by atoms with E-state index in [1.165, 1.54) is 4.90 Å². The Kier molecular flexibility index (Phi) is 7.13. The molecule has 4 amide bonds. The van der Waals surface area contributed by atoms with Gasteiger partial charge in [0.15, 0.2) is 0 Å². The van der Waals surface area contributed by atoms with Gasteiger partial charge in [-0.1, -0.05) is 6.07 Å². The average molecular weight is 444 g/mol. The Morgan fingerprint density at radius 3 is 2.72 bits per heavy atom. The Labute approximate surface area is 186 Å². The molecule has 10 heteroatoms. The van der Waals surface area contributed by atoms with Gasteiger partial charge in [-0.15, -0.1) is 0 Å². The summed E-state index contributed by atoms with van der Waals surface area (Å²) in [6.07, 6.45) is 2.69. The minimum atomic E-state index is -0.695. The molecule has 3 heterocycles. The highest BCUT2D eigenvalue weighted by molar-refractivity contribution is 6.06. The smallest absolute Gasteiger partial charge is 0.255 e. The van der Waals surface area contributed by atoms with Crippen molar-refractivity contribution in [3.05, 3.63) is 29.3 Å². The fourth-order valence-electron chi connectivity index (χ4n) is 4.29. The minimum Gasteiger partial charge on any atom is -0.376 e. The molecule has 4 rings (SSSR count). The van der Waals surface area contributed by atoms with Crippen molar-refractivity contribution in [2.75, 3.05) is 38.2 Å². The predicted molar refractivity (Wildman–Crippen MR) is 114 cm³/mol. The zero-order valence-corrected chi connectivity index (χ0v) is 17.9. The van der Waals surface area contributed by atoms with Crippen LogP contribution in [0.5, 0.6) is 0 Å². The number of nitrogens with zero attached hydrogens (tertiary/aromatic N) is 1. The van der Waals surface area contributed by atoms with Crippen molar-refractivity contribution in [2.24, 2.45) is 0 Å². The topological polar surface area (TPSA) is 126 Å². The second kappa shape index (κ2) is 10.2. The maximum atomic E-state index is 12.8. The number of nitrogens with one attached hydrogen (secondary N) is 3. The molecule has 0 aliphatic carbocycles. The maximum absolute atomic E-state index is 12.8. The number of carbonyl (C=O) groups is 4. The van der Waals surface area contributed by atoms with Crippen molar-refractivity contribution in [3.63, 3.8) is 0 Å². The van der Waals surface area contributed by atoms with Gasteiger partial charge in [-0.3, -0.25) is 24.5 Å². The fraction of sp³-hybridized carbons (Fsp3) is 0.545. The predicted octanol–water partition coefficient (Wildman–Crippen LogP) is 0.171. The van der Waals surface area contributed by atoms with Crippen molar-refractivity contribution in [1.29, 1.82) is 0 Å². The molecule has 3 N–H and O–H groups in total. The summed E-state index contributed by atoms with van der Waals surface area (Å²) in [4.78, 5) is 50.3. The lowest BCUT2D eigenvalue weighted by Gasteiger charge is -2.29. The Bertz CT molecular complexity index is 898. The highest BCUT2D eigenvalue weighted by Crippen LogP contribution is 2.32. The molecule has 0 radical (unpaired) electrons. The normalized spacial score (nSPS) is 21.4. The van der Waals surface area contributed by atoms with Crippen molar-refractivity contribution in [1.82, 2.24) is 15.5 Å². The molecule has 3 aliphatic heterocycles. The van der Waals surface area contributed by atoms with Crippen LogP contribution in [0.15, 0.2) is 18.2 Å². The molecule has 0 spiro atoms. The molecule has 0 aromatic heterocycles. The van der Waals surface area contributed by atoms with Crippen LogP contribution in [0.4, 0.5) is 5.69 Å². The lowest BCUT2D eigenvalue weighted by molar-refractivity contribution is -0.137. The van der Waals surface area contributed by atoms with Gasteiger partial charge in [0.25, 0.3) is 5.91 Å². The van der Waals surface area contributed by atoms with E-state index < -0.39 is 11.9 Å². The Morgan fingerprint density at radius 1 is 1.12 bits per heavy atom. The summed E-state index contributed by atoms with van der Waals surface area (Å²) < 4.78 is 11.2. The van der Waals surface area contributed by atoms with E-state index in [1.54, 1.807) is 18.2 Å². The Hall–Kier alpha value is -2.82. The number of anilines is 1. The van der Waals surface area contributed by atoms with E-state index in [1.807, 2.05) is 0 Å². The summed E-state index contributed by atoms with van der Waals surface area (Å²) in [5.74, 6) is -1.40. The minimum absolute atomic E-state index is 0.121. The van der Waals surface area contributed by atoms with Crippen LogP contribution in [0, 0.1) is 0 Å². The van der Waals surface area contributed by atoms with Gasteiger partial charge < -0.3 is 25.0 Å². The Balaban J connectivity index is 1.28. The van der Waals surface area contributed by atoms with Crippen LogP contribution in [0.1, 0.15) is 41.6 Å². The van der Waals surface area contributed by atoms with Crippen LogP contribution in [-0.2, 0) is 30.4 Å². The molecular formula is C22H28N4O6. The van der Waals surface area contributed by atoms with Crippen LogP contribution in [0.2, 0.25) is 0 Å². The molecule has 0 saturated carbocycles. The van der Waals surface area contributed by atoms with E-state index in [-0.39, 0.29) is 43.4 Å².